The third-order valence-corrected chi connectivity index (χ3v) is 7.70. The summed E-state index contributed by atoms with van der Waals surface area (Å²) in [5.74, 6) is 1.68. The van der Waals surface area contributed by atoms with E-state index >= 15 is 0 Å². The number of fused-ring (bicyclic) bond motifs is 1. The molecule has 2 atom stereocenters. The molecule has 1 unspecified atom stereocenters. The van der Waals surface area contributed by atoms with Gasteiger partial charge in [0.15, 0.2) is 5.82 Å². The fraction of sp³-hybridized carbons (Fsp3) is 0.607. The number of morpholine rings is 1. The highest BCUT2D eigenvalue weighted by Crippen LogP contribution is 2.30. The van der Waals surface area contributed by atoms with Crippen LogP contribution in [0, 0.1) is 5.92 Å². The minimum absolute atomic E-state index is 0.103. The van der Waals surface area contributed by atoms with E-state index in [0.29, 0.717) is 73.0 Å². The molecule has 0 spiro atoms. The Morgan fingerprint density at radius 3 is 2.62 bits per heavy atom. The maximum atomic E-state index is 14.1. The lowest BCUT2D eigenvalue weighted by Crippen LogP contribution is -2.44. The number of benzene rings is 1. The fourth-order valence-electron chi connectivity index (χ4n) is 5.73. The Bertz CT molecular complexity index is 1230. The van der Waals surface area contributed by atoms with Crippen molar-refractivity contribution in [2.24, 2.45) is 5.92 Å². The van der Waals surface area contributed by atoms with E-state index in [0.717, 1.165) is 32.2 Å². The minimum Gasteiger partial charge on any atom is -0.383 e. The molecule has 1 saturated carbocycles. The summed E-state index contributed by atoms with van der Waals surface area (Å²) in [5.41, 5.74) is 1.10. The Labute approximate surface area is 228 Å². The summed E-state index contributed by atoms with van der Waals surface area (Å²) in [5, 5.41) is 7.10. The molecule has 1 aromatic carbocycles. The maximum Gasteiger partial charge on any atom is 0.296 e. The van der Waals surface area contributed by atoms with Crippen molar-refractivity contribution < 1.29 is 18.3 Å². The van der Waals surface area contributed by atoms with E-state index in [1.54, 1.807) is 31.4 Å². The first-order chi connectivity index (χ1) is 18.9. The van der Waals surface area contributed by atoms with Crippen molar-refractivity contribution >= 4 is 22.8 Å². The van der Waals surface area contributed by atoms with Crippen LogP contribution in [0.3, 0.4) is 0 Å². The van der Waals surface area contributed by atoms with Crippen molar-refractivity contribution in [3.05, 3.63) is 36.2 Å². The summed E-state index contributed by atoms with van der Waals surface area (Å²) in [7, 11) is 1.73. The summed E-state index contributed by atoms with van der Waals surface area (Å²) in [4.78, 5) is 15.9. The summed E-state index contributed by atoms with van der Waals surface area (Å²) in [6.07, 6.45) is 1.66. The van der Waals surface area contributed by atoms with Crippen LogP contribution >= 0.6 is 0 Å². The molecule has 39 heavy (non-hydrogen) atoms. The first-order valence-electron chi connectivity index (χ1n) is 13.9. The fourth-order valence-corrected chi connectivity index (χ4v) is 5.73. The van der Waals surface area contributed by atoms with E-state index in [1.165, 1.54) is 4.57 Å². The van der Waals surface area contributed by atoms with E-state index < -0.39 is 6.43 Å². The monoisotopic (exact) mass is 543 g/mol. The lowest BCUT2D eigenvalue weighted by Gasteiger charge is -2.34. The largest absolute Gasteiger partial charge is 0.383 e. The standard InChI is InChI=1S/C28H39F2N7O2/c1-18(16-38-3)32-21-10-8-20(9-11-21)15-31-28-34-24(36-12-13-39-17-19(36)2)14-25(35-28)37-23-7-5-4-6-22(23)33-27(37)26(29)30/h4-7,14,18-21,26,32H,8-13,15-17H2,1-3H3,(H,31,34,35)/t18?,19-,20-,21-/m0/s1. The number of ether oxygens (including phenoxy) is 2. The Morgan fingerprint density at radius 1 is 1.10 bits per heavy atom. The first kappa shape index (κ1) is 27.7. The number of rotatable bonds is 10. The number of nitrogens with one attached hydrogen (secondary N) is 2. The van der Waals surface area contributed by atoms with Crippen molar-refractivity contribution in [3.63, 3.8) is 0 Å². The number of aromatic nitrogens is 4. The van der Waals surface area contributed by atoms with E-state index in [9.17, 15) is 8.78 Å². The third-order valence-electron chi connectivity index (χ3n) is 7.70. The quantitative estimate of drug-likeness (QED) is 0.384. The molecule has 2 aromatic heterocycles. The third kappa shape index (κ3) is 6.47. The second-order valence-electron chi connectivity index (χ2n) is 10.7. The zero-order valence-electron chi connectivity index (χ0n) is 22.9. The summed E-state index contributed by atoms with van der Waals surface area (Å²) in [6.45, 7) is 7.50. The molecule has 11 heteroatoms. The average Bonchev–Trinajstić information content (AvgIpc) is 3.33. The molecule has 2 aliphatic rings. The van der Waals surface area contributed by atoms with Gasteiger partial charge in [-0.15, -0.1) is 0 Å². The summed E-state index contributed by atoms with van der Waals surface area (Å²) < 4.78 is 40.6. The second kappa shape index (κ2) is 12.5. The second-order valence-corrected chi connectivity index (χ2v) is 10.7. The lowest BCUT2D eigenvalue weighted by molar-refractivity contribution is 0.0985. The normalized spacial score (nSPS) is 22.9. The van der Waals surface area contributed by atoms with Crippen molar-refractivity contribution in [1.82, 2.24) is 24.8 Å². The van der Waals surface area contributed by atoms with Crippen LogP contribution in [0.2, 0.25) is 0 Å². The van der Waals surface area contributed by atoms with E-state index in [4.69, 9.17) is 19.4 Å². The van der Waals surface area contributed by atoms with Gasteiger partial charge >= 0.3 is 0 Å². The number of alkyl halides is 2. The zero-order chi connectivity index (χ0) is 27.4. The van der Waals surface area contributed by atoms with Crippen LogP contribution < -0.4 is 15.5 Å². The lowest BCUT2D eigenvalue weighted by atomic mass is 9.85. The predicted molar refractivity (Wildman–Crippen MR) is 148 cm³/mol. The molecule has 5 rings (SSSR count). The van der Waals surface area contributed by atoms with Gasteiger partial charge in [-0.1, -0.05) is 12.1 Å². The number of hydrogen-bond acceptors (Lipinski definition) is 8. The zero-order valence-corrected chi connectivity index (χ0v) is 22.9. The van der Waals surface area contributed by atoms with Gasteiger partial charge in [0.05, 0.1) is 36.9 Å². The minimum atomic E-state index is -2.75. The molecule has 1 saturated heterocycles. The molecule has 212 valence electrons. The van der Waals surface area contributed by atoms with Crippen molar-refractivity contribution in [3.8, 4) is 5.82 Å². The van der Waals surface area contributed by atoms with Gasteiger partial charge < -0.3 is 25.0 Å². The number of para-hydroxylation sites is 2. The van der Waals surface area contributed by atoms with Crippen LogP contribution in [-0.2, 0) is 9.47 Å². The van der Waals surface area contributed by atoms with Crippen molar-refractivity contribution in [1.29, 1.82) is 0 Å². The van der Waals surface area contributed by atoms with E-state index in [1.807, 2.05) is 6.07 Å². The van der Waals surface area contributed by atoms with Gasteiger partial charge in [-0.3, -0.25) is 4.57 Å². The topological polar surface area (TPSA) is 89.4 Å². The number of methoxy groups -OCH3 is 1. The molecule has 0 bridgehead atoms. The molecule has 0 amide bonds. The first-order valence-corrected chi connectivity index (χ1v) is 13.9. The number of hydrogen-bond donors (Lipinski definition) is 2. The smallest absolute Gasteiger partial charge is 0.296 e. The highest BCUT2D eigenvalue weighted by Gasteiger charge is 2.26. The molecule has 1 aliphatic heterocycles. The maximum absolute atomic E-state index is 14.1. The van der Waals surface area contributed by atoms with Crippen LogP contribution in [0.4, 0.5) is 20.5 Å². The molecule has 9 nitrogen and oxygen atoms in total. The highest BCUT2D eigenvalue weighted by molar-refractivity contribution is 5.78. The van der Waals surface area contributed by atoms with E-state index in [-0.39, 0.29) is 11.9 Å². The van der Waals surface area contributed by atoms with Gasteiger partial charge in [0.2, 0.25) is 5.95 Å². The van der Waals surface area contributed by atoms with Crippen LogP contribution in [0.25, 0.3) is 16.9 Å². The Kier molecular flexibility index (Phi) is 8.89. The van der Waals surface area contributed by atoms with Gasteiger partial charge in [-0.2, -0.15) is 9.97 Å². The van der Waals surface area contributed by atoms with Crippen molar-refractivity contribution in [2.75, 3.05) is 50.2 Å². The Hall–Kier alpha value is -2.89. The highest BCUT2D eigenvalue weighted by atomic mass is 19.3. The molecular formula is C28H39F2N7O2. The molecule has 1 aliphatic carbocycles. The molecule has 3 heterocycles. The van der Waals surface area contributed by atoms with E-state index in [2.05, 4.69) is 34.4 Å². The SMILES string of the molecule is COCC(C)N[C@H]1CC[C@H](CNc2nc(N3CCOC[C@@H]3C)cc(-n3c(C(F)F)nc4ccccc43)n2)CC1. The van der Waals surface area contributed by atoms with Crippen LogP contribution in [-0.4, -0.2) is 77.7 Å². The predicted octanol–water partition coefficient (Wildman–Crippen LogP) is 4.57. The molecule has 2 fully saturated rings. The van der Waals surface area contributed by atoms with Gasteiger partial charge in [-0.05, 0) is 57.6 Å². The van der Waals surface area contributed by atoms with Crippen LogP contribution in [0.1, 0.15) is 51.8 Å². The van der Waals surface area contributed by atoms with Gasteiger partial charge in [0, 0.05) is 38.3 Å². The number of nitrogens with zero attached hydrogens (tertiary/aromatic N) is 5. The molecule has 0 radical (unpaired) electrons. The van der Waals surface area contributed by atoms with Crippen LogP contribution in [0.15, 0.2) is 30.3 Å². The molecule has 2 N–H and O–H groups in total. The molecule has 3 aromatic rings. The Morgan fingerprint density at radius 2 is 1.87 bits per heavy atom. The Balaban J connectivity index is 1.39. The van der Waals surface area contributed by atoms with Gasteiger partial charge in [0.1, 0.15) is 11.6 Å². The summed E-state index contributed by atoms with van der Waals surface area (Å²) >= 11 is 0. The van der Waals surface area contributed by atoms with Gasteiger partial charge in [0.25, 0.3) is 6.43 Å². The average molecular weight is 544 g/mol. The number of imidazole rings is 1. The van der Waals surface area contributed by atoms with Crippen LogP contribution in [0.5, 0.6) is 0 Å². The summed E-state index contributed by atoms with van der Waals surface area (Å²) in [6, 6.07) is 9.88. The molecular weight excluding hydrogens is 504 g/mol. The van der Waals surface area contributed by atoms with Crippen molar-refractivity contribution in [2.45, 2.75) is 64.1 Å². The number of anilines is 2. The number of halogens is 2. The van der Waals surface area contributed by atoms with Gasteiger partial charge in [-0.25, -0.2) is 13.8 Å².